The number of carbonyl (C=O) groups is 2. The van der Waals surface area contributed by atoms with Crippen molar-refractivity contribution in [3.05, 3.63) is 0 Å². The molecular weight excluding hydrogens is 184 g/mol. The molecule has 1 amide bonds. The summed E-state index contributed by atoms with van der Waals surface area (Å²) in [5.41, 5.74) is 4.76. The third kappa shape index (κ3) is 4.23. The molecule has 0 aliphatic carbocycles. The van der Waals surface area contributed by atoms with E-state index in [9.17, 15) is 9.59 Å². The first-order valence-electron chi connectivity index (χ1n) is 4.61. The van der Waals surface area contributed by atoms with Gasteiger partial charge in [-0.1, -0.05) is 6.92 Å². The predicted octanol–water partition coefficient (Wildman–Crippen LogP) is 0.0932. The topological polar surface area (TPSA) is 92.4 Å². The molecule has 0 bridgehead atoms. The summed E-state index contributed by atoms with van der Waals surface area (Å²) in [5.74, 6) is -1.25. The quantitative estimate of drug-likeness (QED) is 0.589. The zero-order valence-electron chi connectivity index (χ0n) is 8.83. The molecule has 14 heavy (non-hydrogen) atoms. The first kappa shape index (κ1) is 12.9. The first-order chi connectivity index (χ1) is 6.29. The third-order valence-electron chi connectivity index (χ3n) is 2.11. The van der Waals surface area contributed by atoms with Gasteiger partial charge in [0.25, 0.3) is 0 Å². The van der Waals surface area contributed by atoms with Gasteiger partial charge in [0.05, 0.1) is 12.0 Å². The maximum Gasteiger partial charge on any atom is 0.305 e. The van der Waals surface area contributed by atoms with Gasteiger partial charge in [0.2, 0.25) is 5.91 Å². The van der Waals surface area contributed by atoms with Crippen LogP contribution >= 0.6 is 0 Å². The molecule has 4 N–H and O–H groups in total. The minimum atomic E-state index is -0.937. The smallest absolute Gasteiger partial charge is 0.305 e. The summed E-state index contributed by atoms with van der Waals surface area (Å²) in [5, 5.41) is 11.0. The van der Waals surface area contributed by atoms with Crippen LogP contribution in [0.1, 0.15) is 33.6 Å². The van der Waals surface area contributed by atoms with Crippen LogP contribution in [0.3, 0.4) is 0 Å². The summed E-state index contributed by atoms with van der Waals surface area (Å²) in [6, 6.07) is -0.394. The summed E-state index contributed by atoms with van der Waals surface area (Å²) < 4.78 is 0. The fourth-order valence-corrected chi connectivity index (χ4v) is 0.862. The molecule has 0 spiro atoms. The van der Waals surface area contributed by atoms with Crippen LogP contribution in [-0.4, -0.2) is 28.6 Å². The van der Waals surface area contributed by atoms with E-state index < -0.39 is 17.6 Å². The van der Waals surface area contributed by atoms with Crippen LogP contribution < -0.4 is 11.1 Å². The van der Waals surface area contributed by atoms with Crippen molar-refractivity contribution in [2.45, 2.75) is 45.2 Å². The summed E-state index contributed by atoms with van der Waals surface area (Å²) in [4.78, 5) is 21.8. The van der Waals surface area contributed by atoms with Crippen LogP contribution in [0.5, 0.6) is 0 Å². The van der Waals surface area contributed by atoms with E-state index in [4.69, 9.17) is 10.8 Å². The fourth-order valence-electron chi connectivity index (χ4n) is 0.862. The minimum absolute atomic E-state index is 0.0917. The van der Waals surface area contributed by atoms with E-state index in [1.807, 2.05) is 0 Å². The molecule has 0 aromatic rings. The average Bonchev–Trinajstić information content (AvgIpc) is 2.02. The molecule has 5 heteroatoms. The second-order valence-electron chi connectivity index (χ2n) is 3.74. The Morgan fingerprint density at radius 2 is 2.07 bits per heavy atom. The highest BCUT2D eigenvalue weighted by Gasteiger charge is 2.27. The molecule has 0 saturated heterocycles. The normalized spacial score (nSPS) is 16.9. The number of carbonyl (C=O) groups excluding carboxylic acids is 1. The SMILES string of the molecule is CCC(C)(N)C(=O)NC(C)CC(=O)O. The van der Waals surface area contributed by atoms with Crippen molar-refractivity contribution in [3.63, 3.8) is 0 Å². The number of amides is 1. The maximum absolute atomic E-state index is 11.5. The van der Waals surface area contributed by atoms with E-state index in [1.54, 1.807) is 20.8 Å². The van der Waals surface area contributed by atoms with Gasteiger partial charge in [-0.15, -0.1) is 0 Å². The molecule has 0 heterocycles. The van der Waals surface area contributed by atoms with Crippen molar-refractivity contribution in [1.82, 2.24) is 5.32 Å². The summed E-state index contributed by atoms with van der Waals surface area (Å²) in [7, 11) is 0. The molecule has 82 valence electrons. The van der Waals surface area contributed by atoms with Gasteiger partial charge in [0, 0.05) is 6.04 Å². The molecule has 2 atom stereocenters. The van der Waals surface area contributed by atoms with Crippen molar-refractivity contribution in [2.75, 3.05) is 0 Å². The zero-order chi connectivity index (χ0) is 11.4. The van der Waals surface area contributed by atoms with Gasteiger partial charge in [0.1, 0.15) is 0 Å². The zero-order valence-corrected chi connectivity index (χ0v) is 8.83. The van der Waals surface area contributed by atoms with Crippen molar-refractivity contribution in [2.24, 2.45) is 5.73 Å². The van der Waals surface area contributed by atoms with Gasteiger partial charge >= 0.3 is 5.97 Å². The van der Waals surface area contributed by atoms with Gasteiger partial charge in [-0.25, -0.2) is 0 Å². The van der Waals surface area contributed by atoms with Crippen molar-refractivity contribution < 1.29 is 14.7 Å². The van der Waals surface area contributed by atoms with E-state index in [0.29, 0.717) is 6.42 Å². The number of carboxylic acid groups (broad SMARTS) is 1. The van der Waals surface area contributed by atoms with Gasteiger partial charge in [-0.05, 0) is 20.3 Å². The molecule has 5 nitrogen and oxygen atoms in total. The number of hydrogen-bond donors (Lipinski definition) is 3. The second kappa shape index (κ2) is 4.95. The van der Waals surface area contributed by atoms with Crippen LogP contribution in [0.4, 0.5) is 0 Å². The number of aliphatic carboxylic acids is 1. The molecule has 0 aromatic heterocycles. The van der Waals surface area contributed by atoms with Crippen LogP contribution in [0, 0.1) is 0 Å². The number of rotatable bonds is 5. The molecule has 2 unspecified atom stereocenters. The van der Waals surface area contributed by atoms with Gasteiger partial charge in [-0.3, -0.25) is 9.59 Å². The molecule has 0 fully saturated rings. The molecular formula is C9H18N2O3. The fraction of sp³-hybridized carbons (Fsp3) is 0.778. The molecule has 0 rings (SSSR count). The lowest BCUT2D eigenvalue weighted by Crippen LogP contribution is -2.53. The van der Waals surface area contributed by atoms with Crippen molar-refractivity contribution >= 4 is 11.9 Å². The Morgan fingerprint density at radius 1 is 1.57 bits per heavy atom. The minimum Gasteiger partial charge on any atom is -0.481 e. The van der Waals surface area contributed by atoms with E-state index >= 15 is 0 Å². The van der Waals surface area contributed by atoms with Crippen LogP contribution in [-0.2, 0) is 9.59 Å². The second-order valence-corrected chi connectivity index (χ2v) is 3.74. The standard InChI is InChI=1S/C9H18N2O3/c1-4-9(3,10)8(14)11-6(2)5-7(12)13/h6H,4-5,10H2,1-3H3,(H,11,14)(H,12,13). The number of nitrogens with one attached hydrogen (secondary N) is 1. The lowest BCUT2D eigenvalue weighted by molar-refractivity contribution is -0.137. The Bertz CT molecular complexity index is 226. The van der Waals surface area contributed by atoms with E-state index in [1.165, 1.54) is 0 Å². The lowest BCUT2D eigenvalue weighted by atomic mass is 9.99. The van der Waals surface area contributed by atoms with E-state index in [2.05, 4.69) is 5.32 Å². The highest BCUT2D eigenvalue weighted by molar-refractivity contribution is 5.86. The number of nitrogens with two attached hydrogens (primary N) is 1. The Labute approximate surface area is 83.7 Å². The van der Waals surface area contributed by atoms with Crippen molar-refractivity contribution in [1.29, 1.82) is 0 Å². The highest BCUT2D eigenvalue weighted by Crippen LogP contribution is 2.05. The lowest BCUT2D eigenvalue weighted by Gasteiger charge is -2.23. The first-order valence-corrected chi connectivity index (χ1v) is 4.61. The van der Waals surface area contributed by atoms with Crippen molar-refractivity contribution in [3.8, 4) is 0 Å². The molecule has 0 aliphatic rings. The summed E-state index contributed by atoms with van der Waals surface area (Å²) >= 11 is 0. The Kier molecular flexibility index (Phi) is 4.56. The molecule has 0 saturated carbocycles. The summed E-state index contributed by atoms with van der Waals surface area (Å²) in [6.45, 7) is 5.06. The monoisotopic (exact) mass is 202 g/mol. The number of hydrogen-bond acceptors (Lipinski definition) is 3. The number of carboxylic acids is 1. The largest absolute Gasteiger partial charge is 0.481 e. The van der Waals surface area contributed by atoms with E-state index in [-0.39, 0.29) is 12.3 Å². The Hall–Kier alpha value is -1.10. The highest BCUT2D eigenvalue weighted by atomic mass is 16.4. The van der Waals surface area contributed by atoms with Crippen LogP contribution in [0.25, 0.3) is 0 Å². The van der Waals surface area contributed by atoms with Crippen LogP contribution in [0.2, 0.25) is 0 Å². The average molecular weight is 202 g/mol. The molecule has 0 aliphatic heterocycles. The predicted molar refractivity (Wildman–Crippen MR) is 52.7 cm³/mol. The van der Waals surface area contributed by atoms with E-state index in [0.717, 1.165) is 0 Å². The van der Waals surface area contributed by atoms with Gasteiger partial charge in [0.15, 0.2) is 0 Å². The van der Waals surface area contributed by atoms with Gasteiger partial charge in [-0.2, -0.15) is 0 Å². The van der Waals surface area contributed by atoms with Crippen LogP contribution in [0.15, 0.2) is 0 Å². The Balaban J connectivity index is 4.12. The maximum atomic E-state index is 11.5. The third-order valence-corrected chi connectivity index (χ3v) is 2.11. The Morgan fingerprint density at radius 3 is 2.43 bits per heavy atom. The molecule has 0 radical (unpaired) electrons. The summed E-state index contributed by atoms with van der Waals surface area (Å²) in [6.07, 6.45) is 0.421. The molecule has 0 aromatic carbocycles. The van der Waals surface area contributed by atoms with Gasteiger partial charge < -0.3 is 16.2 Å².